The van der Waals surface area contributed by atoms with Crippen molar-refractivity contribution in [2.75, 3.05) is 13.7 Å². The van der Waals surface area contributed by atoms with Crippen molar-refractivity contribution in [3.63, 3.8) is 0 Å². The Bertz CT molecular complexity index is 836. The maximum atomic E-state index is 14.0. The van der Waals surface area contributed by atoms with Crippen molar-refractivity contribution >= 4 is 11.9 Å². The fourth-order valence-corrected chi connectivity index (χ4v) is 3.33. The first-order chi connectivity index (χ1) is 12.4. The molecule has 1 aromatic carbocycles. The molecule has 1 fully saturated rings. The van der Waals surface area contributed by atoms with Crippen LogP contribution in [0.3, 0.4) is 0 Å². The number of carbonyl (C=O) groups is 2. The van der Waals surface area contributed by atoms with Gasteiger partial charge in [0.1, 0.15) is 11.5 Å². The fourth-order valence-electron chi connectivity index (χ4n) is 3.33. The number of ether oxygens (including phenoxy) is 1. The lowest BCUT2D eigenvalue weighted by molar-refractivity contribution is -0.137. The molecule has 1 amide bonds. The molecule has 138 valence electrons. The summed E-state index contributed by atoms with van der Waals surface area (Å²) in [6, 6.07) is 5.72. The standard InChI is InChI=1S/C18H20FN3O4/c1-11-14(9-20-22(11)16-6-4-3-5-15(16)19)18(25)21-10-13(26-2)7-12(21)8-17(23)24/h3-6,9,12-13H,7-8,10H2,1-2H3,(H,23,24). The Hall–Kier alpha value is -2.74. The van der Waals surface area contributed by atoms with Crippen molar-refractivity contribution in [3.8, 4) is 5.69 Å². The Kier molecular flexibility index (Phi) is 5.03. The average molecular weight is 361 g/mol. The fraction of sp³-hybridized carbons (Fsp3) is 0.389. The van der Waals surface area contributed by atoms with Crippen molar-refractivity contribution in [1.29, 1.82) is 0 Å². The Morgan fingerprint density at radius 3 is 2.77 bits per heavy atom. The summed E-state index contributed by atoms with van der Waals surface area (Å²) in [6.07, 6.45) is 1.51. The SMILES string of the molecule is COC1CC(CC(=O)O)N(C(=O)c2cnn(-c3ccccc3F)c2C)C1. The largest absolute Gasteiger partial charge is 0.481 e. The first-order valence-electron chi connectivity index (χ1n) is 8.27. The highest BCUT2D eigenvalue weighted by Gasteiger charge is 2.38. The molecule has 2 unspecified atom stereocenters. The predicted molar refractivity (Wildman–Crippen MR) is 90.8 cm³/mol. The van der Waals surface area contributed by atoms with Gasteiger partial charge in [0.25, 0.3) is 5.91 Å². The zero-order valence-corrected chi connectivity index (χ0v) is 14.6. The van der Waals surface area contributed by atoms with Gasteiger partial charge >= 0.3 is 5.97 Å². The van der Waals surface area contributed by atoms with Crippen LogP contribution in [0.15, 0.2) is 30.5 Å². The van der Waals surface area contributed by atoms with E-state index in [0.29, 0.717) is 24.2 Å². The maximum Gasteiger partial charge on any atom is 0.305 e. The van der Waals surface area contributed by atoms with E-state index in [1.165, 1.54) is 29.0 Å². The van der Waals surface area contributed by atoms with Crippen LogP contribution >= 0.6 is 0 Å². The molecule has 8 heteroatoms. The van der Waals surface area contributed by atoms with Gasteiger partial charge in [-0.3, -0.25) is 9.59 Å². The van der Waals surface area contributed by atoms with Gasteiger partial charge in [-0.05, 0) is 25.5 Å². The van der Waals surface area contributed by atoms with Gasteiger partial charge in [-0.15, -0.1) is 0 Å². The molecule has 2 heterocycles. The monoisotopic (exact) mass is 361 g/mol. The van der Waals surface area contributed by atoms with Crippen molar-refractivity contribution in [3.05, 3.63) is 47.5 Å². The number of carboxylic acid groups (broad SMARTS) is 1. The summed E-state index contributed by atoms with van der Waals surface area (Å²) in [4.78, 5) is 25.6. The number of carbonyl (C=O) groups excluding carboxylic acids is 1. The second kappa shape index (κ2) is 7.25. The van der Waals surface area contributed by atoms with E-state index in [1.54, 1.807) is 25.1 Å². The van der Waals surface area contributed by atoms with Gasteiger partial charge < -0.3 is 14.7 Å². The van der Waals surface area contributed by atoms with E-state index in [0.717, 1.165) is 0 Å². The molecule has 7 nitrogen and oxygen atoms in total. The quantitative estimate of drug-likeness (QED) is 0.881. The first-order valence-corrected chi connectivity index (χ1v) is 8.27. The topological polar surface area (TPSA) is 84.7 Å². The number of nitrogens with zero attached hydrogens (tertiary/aromatic N) is 3. The van der Waals surface area contributed by atoms with E-state index in [9.17, 15) is 14.0 Å². The van der Waals surface area contributed by atoms with Crippen LogP contribution in [0.25, 0.3) is 5.69 Å². The summed E-state index contributed by atoms with van der Waals surface area (Å²) in [7, 11) is 1.54. The van der Waals surface area contributed by atoms with Gasteiger partial charge in [-0.2, -0.15) is 5.10 Å². The van der Waals surface area contributed by atoms with E-state index in [-0.39, 0.29) is 24.1 Å². The van der Waals surface area contributed by atoms with Crippen molar-refractivity contribution in [2.45, 2.75) is 31.9 Å². The van der Waals surface area contributed by atoms with Gasteiger partial charge in [-0.1, -0.05) is 12.1 Å². The van der Waals surface area contributed by atoms with Crippen LogP contribution in [0, 0.1) is 12.7 Å². The summed E-state index contributed by atoms with van der Waals surface area (Å²) >= 11 is 0. The molecule has 1 aliphatic heterocycles. The lowest BCUT2D eigenvalue weighted by Crippen LogP contribution is -2.37. The predicted octanol–water partition coefficient (Wildman–Crippen LogP) is 2.02. The minimum atomic E-state index is -0.969. The second-order valence-corrected chi connectivity index (χ2v) is 6.31. The normalized spacial score (nSPS) is 19.7. The number of likely N-dealkylation sites (tertiary alicyclic amines) is 1. The van der Waals surface area contributed by atoms with Crippen LogP contribution in [0.2, 0.25) is 0 Å². The molecular formula is C18H20FN3O4. The van der Waals surface area contributed by atoms with Gasteiger partial charge in [0.15, 0.2) is 0 Å². The molecular weight excluding hydrogens is 341 g/mol. The number of halogens is 1. The second-order valence-electron chi connectivity index (χ2n) is 6.31. The maximum absolute atomic E-state index is 14.0. The number of aliphatic carboxylic acids is 1. The molecule has 1 saturated heterocycles. The van der Waals surface area contributed by atoms with E-state index in [4.69, 9.17) is 9.84 Å². The number of benzene rings is 1. The number of amides is 1. The highest BCUT2D eigenvalue weighted by Crippen LogP contribution is 2.26. The van der Waals surface area contributed by atoms with Crippen molar-refractivity contribution in [1.82, 2.24) is 14.7 Å². The van der Waals surface area contributed by atoms with Crippen LogP contribution in [0.1, 0.15) is 28.9 Å². The molecule has 0 radical (unpaired) electrons. The lowest BCUT2D eigenvalue weighted by atomic mass is 10.1. The van der Waals surface area contributed by atoms with Gasteiger partial charge in [0.05, 0.1) is 30.0 Å². The van der Waals surface area contributed by atoms with Crippen LogP contribution < -0.4 is 0 Å². The Balaban J connectivity index is 1.90. The van der Waals surface area contributed by atoms with Gasteiger partial charge in [-0.25, -0.2) is 9.07 Å². The number of aromatic nitrogens is 2. The number of rotatable bonds is 5. The number of methoxy groups -OCH3 is 1. The molecule has 3 rings (SSSR count). The molecule has 1 aliphatic rings. The van der Waals surface area contributed by atoms with E-state index >= 15 is 0 Å². The number of hydrogen-bond acceptors (Lipinski definition) is 4. The molecule has 1 aromatic heterocycles. The zero-order chi connectivity index (χ0) is 18.8. The third-order valence-corrected chi connectivity index (χ3v) is 4.70. The minimum absolute atomic E-state index is 0.147. The molecule has 2 aromatic rings. The van der Waals surface area contributed by atoms with Crippen molar-refractivity contribution < 1.29 is 23.8 Å². The summed E-state index contributed by atoms with van der Waals surface area (Å²) in [5, 5.41) is 13.3. The summed E-state index contributed by atoms with van der Waals surface area (Å²) in [5.74, 6) is -1.73. The van der Waals surface area contributed by atoms with E-state index in [2.05, 4.69) is 5.10 Å². The molecule has 2 atom stereocenters. The summed E-state index contributed by atoms with van der Waals surface area (Å²) in [5.41, 5.74) is 1.07. The number of carboxylic acids is 1. The Morgan fingerprint density at radius 2 is 2.12 bits per heavy atom. The van der Waals surface area contributed by atoms with Gasteiger partial charge in [0.2, 0.25) is 0 Å². The molecule has 26 heavy (non-hydrogen) atoms. The highest BCUT2D eigenvalue weighted by molar-refractivity contribution is 5.96. The lowest BCUT2D eigenvalue weighted by Gasteiger charge is -2.23. The third-order valence-electron chi connectivity index (χ3n) is 4.70. The minimum Gasteiger partial charge on any atom is -0.481 e. The number of hydrogen-bond donors (Lipinski definition) is 1. The van der Waals surface area contributed by atoms with Crippen LogP contribution in [0.5, 0.6) is 0 Å². The molecule has 1 N–H and O–H groups in total. The Labute approximate surface area is 150 Å². The van der Waals surface area contributed by atoms with Crippen LogP contribution in [0.4, 0.5) is 4.39 Å². The summed E-state index contributed by atoms with van der Waals surface area (Å²) in [6.45, 7) is 2.00. The third kappa shape index (κ3) is 3.32. The van der Waals surface area contributed by atoms with E-state index in [1.807, 2.05) is 0 Å². The zero-order valence-electron chi connectivity index (χ0n) is 14.6. The van der Waals surface area contributed by atoms with E-state index < -0.39 is 17.8 Å². The molecule has 0 spiro atoms. The molecule has 0 bridgehead atoms. The van der Waals surface area contributed by atoms with Crippen LogP contribution in [-0.4, -0.2) is 57.5 Å². The summed E-state index contributed by atoms with van der Waals surface area (Å²) < 4.78 is 20.7. The number of para-hydroxylation sites is 1. The average Bonchev–Trinajstić information content (AvgIpc) is 3.18. The smallest absolute Gasteiger partial charge is 0.305 e. The highest BCUT2D eigenvalue weighted by atomic mass is 19.1. The van der Waals surface area contributed by atoms with Crippen LogP contribution in [-0.2, 0) is 9.53 Å². The Morgan fingerprint density at radius 1 is 1.38 bits per heavy atom. The molecule has 0 aliphatic carbocycles. The van der Waals surface area contributed by atoms with Gasteiger partial charge in [0, 0.05) is 19.7 Å². The first kappa shape index (κ1) is 18.1. The van der Waals surface area contributed by atoms with Crippen molar-refractivity contribution in [2.24, 2.45) is 0 Å². The molecule has 0 saturated carbocycles.